The lowest BCUT2D eigenvalue weighted by molar-refractivity contribution is 0.507. The van der Waals surface area contributed by atoms with Crippen molar-refractivity contribution >= 4 is 11.0 Å². The van der Waals surface area contributed by atoms with Crippen LogP contribution in [0.1, 0.15) is 22.5 Å². The first-order valence-corrected chi connectivity index (χ1v) is 15.2. The Morgan fingerprint density at radius 2 is 0.978 bits per heavy atom. The highest BCUT2D eigenvalue weighted by Gasteiger charge is 2.55. The Kier molecular flexibility index (Phi) is 5.11. The number of hydrogen-bond acceptors (Lipinski definition) is 6. The van der Waals surface area contributed by atoms with Gasteiger partial charge in [-0.3, -0.25) is 9.97 Å². The highest BCUT2D eigenvalue weighted by atomic mass is 16.3. The molecule has 8 aromatic rings. The zero-order valence-corrected chi connectivity index (χ0v) is 24.4. The summed E-state index contributed by atoms with van der Waals surface area (Å²) in [5.41, 5.74) is 11.4. The number of rotatable bonds is 3. The van der Waals surface area contributed by atoms with Gasteiger partial charge < -0.3 is 4.42 Å². The summed E-state index contributed by atoms with van der Waals surface area (Å²) in [6, 6.07) is 40.1. The Morgan fingerprint density at radius 1 is 0.457 bits per heavy atom. The standard InChI is InChI=1S/C40H23N5O/c1-4-10-31-27(7-1)28-8-2-5-11-32(28)40(31)33-14-13-26(23-30(33)35-29-9-3-6-12-34(29)46-36(35)40)39-44-37(24-15-19-41-20-16-24)43-38(45-39)25-17-21-42-22-18-25/h1-23H. The Balaban J connectivity index is 1.26. The van der Waals surface area contributed by atoms with Gasteiger partial charge in [0.1, 0.15) is 16.8 Å². The molecule has 1 spiro atoms. The van der Waals surface area contributed by atoms with Crippen molar-refractivity contribution in [2.45, 2.75) is 5.41 Å². The third-order valence-corrected chi connectivity index (χ3v) is 9.35. The summed E-state index contributed by atoms with van der Waals surface area (Å²) in [5.74, 6) is 2.73. The molecule has 46 heavy (non-hydrogen) atoms. The summed E-state index contributed by atoms with van der Waals surface area (Å²) in [4.78, 5) is 23.2. The number of nitrogens with zero attached hydrogens (tertiary/aromatic N) is 5. The molecular weight excluding hydrogens is 566 g/mol. The number of hydrogen-bond donors (Lipinski definition) is 0. The molecule has 0 saturated carbocycles. The van der Waals surface area contributed by atoms with Crippen molar-refractivity contribution in [2.75, 3.05) is 0 Å². The number of benzene rings is 4. The molecule has 0 fully saturated rings. The Hall–Kier alpha value is -6.27. The summed E-state index contributed by atoms with van der Waals surface area (Å²) < 4.78 is 6.89. The van der Waals surface area contributed by atoms with Crippen molar-refractivity contribution < 1.29 is 4.42 Å². The molecule has 0 atom stereocenters. The van der Waals surface area contributed by atoms with Crippen molar-refractivity contribution in [3.8, 4) is 56.4 Å². The van der Waals surface area contributed by atoms with Crippen LogP contribution in [0.2, 0.25) is 0 Å². The predicted molar refractivity (Wildman–Crippen MR) is 178 cm³/mol. The molecule has 10 rings (SSSR count). The van der Waals surface area contributed by atoms with Gasteiger partial charge in [-0.05, 0) is 69.8 Å². The van der Waals surface area contributed by atoms with Gasteiger partial charge in [0.05, 0.1) is 0 Å². The smallest absolute Gasteiger partial charge is 0.164 e. The molecule has 0 saturated heterocycles. The second-order valence-corrected chi connectivity index (χ2v) is 11.7. The molecule has 6 heteroatoms. The van der Waals surface area contributed by atoms with E-state index in [1.54, 1.807) is 24.8 Å². The van der Waals surface area contributed by atoms with Gasteiger partial charge >= 0.3 is 0 Å². The molecule has 4 aromatic carbocycles. The highest BCUT2D eigenvalue weighted by molar-refractivity contribution is 6.05. The van der Waals surface area contributed by atoms with Gasteiger partial charge in [0.2, 0.25) is 0 Å². The van der Waals surface area contributed by atoms with Gasteiger partial charge in [0.15, 0.2) is 17.5 Å². The van der Waals surface area contributed by atoms with E-state index in [9.17, 15) is 0 Å². The van der Waals surface area contributed by atoms with Crippen LogP contribution < -0.4 is 0 Å². The number of furan rings is 1. The maximum Gasteiger partial charge on any atom is 0.164 e. The molecule has 2 aliphatic rings. The van der Waals surface area contributed by atoms with Crippen molar-refractivity contribution in [3.05, 3.63) is 162 Å². The van der Waals surface area contributed by atoms with Gasteiger partial charge in [0.25, 0.3) is 0 Å². The van der Waals surface area contributed by atoms with Gasteiger partial charge in [-0.2, -0.15) is 0 Å². The molecule has 0 N–H and O–H groups in total. The Labute approximate surface area is 264 Å². The monoisotopic (exact) mass is 589 g/mol. The maximum absolute atomic E-state index is 6.89. The molecule has 0 unspecified atom stereocenters. The molecule has 2 aliphatic carbocycles. The zero-order valence-electron chi connectivity index (χ0n) is 24.4. The fourth-order valence-electron chi connectivity index (χ4n) is 7.45. The maximum atomic E-state index is 6.89. The molecule has 0 bridgehead atoms. The third kappa shape index (κ3) is 3.32. The largest absolute Gasteiger partial charge is 0.459 e. The fraction of sp³-hybridized carbons (Fsp3) is 0.0250. The van der Waals surface area contributed by atoms with E-state index in [-0.39, 0.29) is 0 Å². The topological polar surface area (TPSA) is 77.6 Å². The average molecular weight is 590 g/mol. The van der Waals surface area contributed by atoms with Crippen LogP contribution in [0.5, 0.6) is 0 Å². The number of para-hydroxylation sites is 1. The van der Waals surface area contributed by atoms with Gasteiger partial charge in [0, 0.05) is 52.4 Å². The average Bonchev–Trinajstić information content (AvgIpc) is 3.76. The molecule has 214 valence electrons. The van der Waals surface area contributed by atoms with Gasteiger partial charge in [-0.1, -0.05) is 78.9 Å². The molecule has 0 aliphatic heterocycles. The quantitative estimate of drug-likeness (QED) is 0.205. The van der Waals surface area contributed by atoms with E-state index < -0.39 is 5.41 Å². The highest BCUT2D eigenvalue weighted by Crippen LogP contribution is 2.64. The van der Waals surface area contributed by atoms with E-state index in [0.717, 1.165) is 44.5 Å². The van der Waals surface area contributed by atoms with Crippen LogP contribution in [0, 0.1) is 0 Å². The van der Waals surface area contributed by atoms with E-state index in [4.69, 9.17) is 19.4 Å². The van der Waals surface area contributed by atoms with Crippen LogP contribution in [0.4, 0.5) is 0 Å². The van der Waals surface area contributed by atoms with Gasteiger partial charge in [-0.15, -0.1) is 0 Å². The minimum atomic E-state index is -0.571. The fourth-order valence-corrected chi connectivity index (χ4v) is 7.45. The first-order valence-electron chi connectivity index (χ1n) is 15.2. The van der Waals surface area contributed by atoms with E-state index in [0.29, 0.717) is 17.5 Å². The van der Waals surface area contributed by atoms with Crippen LogP contribution in [-0.2, 0) is 5.41 Å². The third-order valence-electron chi connectivity index (χ3n) is 9.35. The number of aromatic nitrogens is 5. The molecular formula is C40H23N5O. The van der Waals surface area contributed by atoms with E-state index in [1.165, 1.54) is 27.8 Å². The molecule has 0 amide bonds. The van der Waals surface area contributed by atoms with E-state index in [1.807, 2.05) is 30.3 Å². The lowest BCUT2D eigenvalue weighted by Gasteiger charge is -2.28. The van der Waals surface area contributed by atoms with Crippen molar-refractivity contribution in [1.82, 2.24) is 24.9 Å². The van der Waals surface area contributed by atoms with Crippen LogP contribution in [0.15, 0.2) is 144 Å². The summed E-state index contributed by atoms with van der Waals surface area (Å²) in [6.07, 6.45) is 7.01. The molecule has 0 radical (unpaired) electrons. The summed E-state index contributed by atoms with van der Waals surface area (Å²) in [5, 5.41) is 1.10. The van der Waals surface area contributed by atoms with Crippen LogP contribution in [0.3, 0.4) is 0 Å². The second-order valence-electron chi connectivity index (χ2n) is 11.7. The van der Waals surface area contributed by atoms with Crippen molar-refractivity contribution in [3.63, 3.8) is 0 Å². The van der Waals surface area contributed by atoms with E-state index >= 15 is 0 Å². The first-order chi connectivity index (χ1) is 22.8. The zero-order chi connectivity index (χ0) is 30.2. The first kappa shape index (κ1) is 25.1. The van der Waals surface area contributed by atoms with Gasteiger partial charge in [-0.25, -0.2) is 15.0 Å². The van der Waals surface area contributed by atoms with Crippen LogP contribution in [0.25, 0.3) is 67.4 Å². The minimum Gasteiger partial charge on any atom is -0.459 e. The molecule has 6 nitrogen and oxygen atoms in total. The summed E-state index contributed by atoms with van der Waals surface area (Å²) in [6.45, 7) is 0. The SMILES string of the molecule is c1ccc2c(c1)-c1ccccc1C21c2ccc(-c3nc(-c4ccncc4)nc(-c4ccncc4)n3)cc2-c2c1oc1ccccc21. The van der Waals surface area contributed by atoms with Crippen molar-refractivity contribution in [1.29, 1.82) is 0 Å². The van der Waals surface area contributed by atoms with E-state index in [2.05, 4.69) is 94.9 Å². The Bertz CT molecular complexity index is 2380. The number of fused-ring (bicyclic) bond motifs is 12. The second kappa shape index (κ2) is 9.36. The summed E-state index contributed by atoms with van der Waals surface area (Å²) >= 11 is 0. The van der Waals surface area contributed by atoms with Crippen molar-refractivity contribution in [2.24, 2.45) is 0 Å². The molecule has 4 aromatic heterocycles. The predicted octanol–water partition coefficient (Wildman–Crippen LogP) is 8.75. The lowest BCUT2D eigenvalue weighted by atomic mass is 9.73. The lowest BCUT2D eigenvalue weighted by Crippen LogP contribution is -2.25. The summed E-state index contributed by atoms with van der Waals surface area (Å²) in [7, 11) is 0. The molecule has 4 heterocycles. The normalized spacial score (nSPS) is 13.4. The Morgan fingerprint density at radius 3 is 1.61 bits per heavy atom. The van der Waals surface area contributed by atoms with Crippen LogP contribution >= 0.6 is 0 Å². The number of pyridine rings is 2. The van der Waals surface area contributed by atoms with Crippen LogP contribution in [-0.4, -0.2) is 24.9 Å². The minimum absolute atomic E-state index is 0.571.